The Bertz CT molecular complexity index is 1550. The van der Waals surface area contributed by atoms with Crippen LogP contribution in [0.4, 0.5) is 0 Å². The Morgan fingerprint density at radius 1 is 0.833 bits per heavy atom. The summed E-state index contributed by atoms with van der Waals surface area (Å²) in [5.41, 5.74) is 3.53. The molecule has 0 spiro atoms. The molecule has 0 saturated carbocycles. The van der Waals surface area contributed by atoms with Gasteiger partial charge in [0.1, 0.15) is 5.69 Å². The van der Waals surface area contributed by atoms with Crippen LogP contribution in [0, 0.1) is 0 Å². The first-order valence-corrected chi connectivity index (χ1v) is 13.7. The first-order valence-electron chi connectivity index (χ1n) is 13.0. The molecule has 0 radical (unpaired) electrons. The molecular weight excluding hydrogens is 462 g/mol. The lowest BCUT2D eigenvalue weighted by molar-refractivity contribution is 0.289. The van der Waals surface area contributed by atoms with Gasteiger partial charge in [-0.15, -0.1) is 4.37 Å². The van der Waals surface area contributed by atoms with Crippen LogP contribution in [0.5, 0.6) is 5.88 Å². The van der Waals surface area contributed by atoms with Gasteiger partial charge in [0, 0.05) is 19.6 Å². The number of aromatic nitrogens is 2. The van der Waals surface area contributed by atoms with E-state index in [4.69, 9.17) is 4.74 Å². The number of fused-ring (bicyclic) bond motifs is 5. The van der Waals surface area contributed by atoms with E-state index in [0.29, 0.717) is 12.5 Å². The summed E-state index contributed by atoms with van der Waals surface area (Å²) in [6, 6.07) is 24.5. The molecule has 0 bridgehead atoms. The summed E-state index contributed by atoms with van der Waals surface area (Å²) in [4.78, 5) is 2.52. The molecule has 2 heterocycles. The van der Waals surface area contributed by atoms with Crippen LogP contribution < -0.4 is 4.74 Å². The predicted molar refractivity (Wildman–Crippen MR) is 152 cm³/mol. The molecule has 36 heavy (non-hydrogen) atoms. The molecule has 6 rings (SSSR count). The van der Waals surface area contributed by atoms with Crippen LogP contribution in [0.25, 0.3) is 37.9 Å². The molecule has 5 heteroatoms. The fraction of sp³-hybridized carbons (Fsp3) is 0.290. The Balaban J connectivity index is 1.25. The van der Waals surface area contributed by atoms with E-state index in [0.717, 1.165) is 38.2 Å². The molecule has 0 amide bonds. The summed E-state index contributed by atoms with van der Waals surface area (Å²) in [5.74, 6) is 0.702. The molecule has 0 aliphatic carbocycles. The van der Waals surface area contributed by atoms with Crippen molar-refractivity contribution < 1.29 is 4.74 Å². The average Bonchev–Trinajstić information content (AvgIpc) is 3.40. The normalized spacial score (nSPS) is 14.5. The molecule has 0 saturated heterocycles. The predicted octanol–water partition coefficient (Wildman–Crippen LogP) is 7.86. The molecule has 5 aromatic rings. The van der Waals surface area contributed by atoms with Crippen LogP contribution in [-0.2, 0) is 6.54 Å². The minimum atomic E-state index is 0.702. The van der Waals surface area contributed by atoms with E-state index < -0.39 is 0 Å². The van der Waals surface area contributed by atoms with Gasteiger partial charge in [-0.1, -0.05) is 92.6 Å². The van der Waals surface area contributed by atoms with Gasteiger partial charge < -0.3 is 4.74 Å². The van der Waals surface area contributed by atoms with Gasteiger partial charge in [0.25, 0.3) is 5.88 Å². The van der Waals surface area contributed by atoms with E-state index in [9.17, 15) is 0 Å². The van der Waals surface area contributed by atoms with Gasteiger partial charge in [0.05, 0.1) is 18.3 Å². The lowest BCUT2D eigenvalue weighted by atomic mass is 9.94. The van der Waals surface area contributed by atoms with Crippen LogP contribution >= 0.6 is 11.7 Å². The first-order chi connectivity index (χ1) is 17.8. The fourth-order valence-corrected chi connectivity index (χ4v) is 5.94. The van der Waals surface area contributed by atoms with Gasteiger partial charge in [-0.25, -0.2) is 0 Å². The second-order valence-corrected chi connectivity index (χ2v) is 10.2. The fourth-order valence-electron chi connectivity index (χ4n) is 5.40. The largest absolute Gasteiger partial charge is 0.475 e. The maximum Gasteiger partial charge on any atom is 0.253 e. The highest BCUT2D eigenvalue weighted by atomic mass is 32.1. The zero-order chi connectivity index (χ0) is 24.3. The van der Waals surface area contributed by atoms with E-state index >= 15 is 0 Å². The van der Waals surface area contributed by atoms with Crippen molar-refractivity contribution in [3.05, 3.63) is 84.1 Å². The van der Waals surface area contributed by atoms with E-state index in [-0.39, 0.29) is 0 Å². The Kier molecular flexibility index (Phi) is 6.67. The van der Waals surface area contributed by atoms with E-state index in [2.05, 4.69) is 93.4 Å². The number of hydrogen-bond donors (Lipinski definition) is 0. The molecule has 4 nitrogen and oxygen atoms in total. The number of benzene rings is 4. The summed E-state index contributed by atoms with van der Waals surface area (Å²) >= 11 is 1.25. The van der Waals surface area contributed by atoms with Crippen LogP contribution in [0.15, 0.2) is 72.8 Å². The highest BCUT2D eigenvalue weighted by Gasteiger charge is 2.21. The second kappa shape index (κ2) is 10.4. The SMILES string of the molecule is CCCCCOc1nsnc1C1=CCCN(Cc2cccc3c2ccc2c4ccccc4ccc32)C1. The van der Waals surface area contributed by atoms with Crippen molar-refractivity contribution in [1.29, 1.82) is 0 Å². The van der Waals surface area contributed by atoms with Gasteiger partial charge >= 0.3 is 0 Å². The summed E-state index contributed by atoms with van der Waals surface area (Å²) in [7, 11) is 0. The highest BCUT2D eigenvalue weighted by Crippen LogP contribution is 2.34. The van der Waals surface area contributed by atoms with Crippen molar-refractivity contribution in [3.8, 4) is 5.88 Å². The third-order valence-corrected chi connectivity index (χ3v) is 7.76. The number of rotatable bonds is 8. The van der Waals surface area contributed by atoms with Crippen molar-refractivity contribution in [2.24, 2.45) is 0 Å². The van der Waals surface area contributed by atoms with Gasteiger partial charge in [-0.3, -0.25) is 4.90 Å². The van der Waals surface area contributed by atoms with Gasteiger partial charge in [-0.05, 0) is 56.3 Å². The molecule has 0 atom stereocenters. The van der Waals surface area contributed by atoms with Crippen LogP contribution in [-0.4, -0.2) is 33.3 Å². The maximum absolute atomic E-state index is 5.99. The van der Waals surface area contributed by atoms with Crippen molar-refractivity contribution in [3.63, 3.8) is 0 Å². The van der Waals surface area contributed by atoms with Crippen molar-refractivity contribution in [2.45, 2.75) is 39.2 Å². The van der Waals surface area contributed by atoms with E-state index in [1.807, 2.05) is 0 Å². The monoisotopic (exact) mass is 493 g/mol. The maximum atomic E-state index is 5.99. The molecule has 1 aromatic heterocycles. The number of ether oxygens (including phenoxy) is 1. The topological polar surface area (TPSA) is 38.3 Å². The molecule has 4 aromatic carbocycles. The molecule has 0 fully saturated rings. The number of nitrogens with zero attached hydrogens (tertiary/aromatic N) is 3. The summed E-state index contributed by atoms with van der Waals surface area (Å²) in [6.07, 6.45) is 6.76. The van der Waals surface area contributed by atoms with Crippen molar-refractivity contribution in [1.82, 2.24) is 13.6 Å². The Hall–Kier alpha value is -3.28. The number of unbranched alkanes of at least 4 members (excludes halogenated alkanes) is 2. The zero-order valence-corrected chi connectivity index (χ0v) is 21.6. The minimum Gasteiger partial charge on any atom is -0.475 e. The third-order valence-electron chi connectivity index (χ3n) is 7.25. The third kappa shape index (κ3) is 4.49. The van der Waals surface area contributed by atoms with Crippen molar-refractivity contribution in [2.75, 3.05) is 19.7 Å². The summed E-state index contributed by atoms with van der Waals surface area (Å²) < 4.78 is 15.0. The van der Waals surface area contributed by atoms with E-state index in [1.165, 1.54) is 68.0 Å². The van der Waals surface area contributed by atoms with Crippen LogP contribution in [0.1, 0.15) is 43.9 Å². The number of hydrogen-bond acceptors (Lipinski definition) is 5. The molecule has 1 aliphatic heterocycles. The molecule has 1 aliphatic rings. The minimum absolute atomic E-state index is 0.702. The molecule has 0 unspecified atom stereocenters. The van der Waals surface area contributed by atoms with Crippen LogP contribution in [0.3, 0.4) is 0 Å². The molecular formula is C31H31N3OS. The second-order valence-electron chi connectivity index (χ2n) is 9.66. The highest BCUT2D eigenvalue weighted by molar-refractivity contribution is 6.99. The Morgan fingerprint density at radius 3 is 2.58 bits per heavy atom. The van der Waals surface area contributed by atoms with Crippen LogP contribution in [0.2, 0.25) is 0 Å². The first kappa shape index (κ1) is 23.1. The quantitative estimate of drug-likeness (QED) is 0.163. The molecule has 182 valence electrons. The smallest absolute Gasteiger partial charge is 0.253 e. The standard InChI is InChI=1S/C31H31N3OS/c1-2-3-6-19-35-31-30(32-36-33-31)24-11-8-18-34(21-24)20-23-10-7-13-27-26(23)16-17-28-25-12-5-4-9-22(25)14-15-29(27)28/h4-5,7,9-17H,2-3,6,8,18-21H2,1H3. The van der Waals surface area contributed by atoms with Crippen molar-refractivity contribution >= 4 is 49.6 Å². The zero-order valence-electron chi connectivity index (χ0n) is 20.7. The van der Waals surface area contributed by atoms with Gasteiger partial charge in [0.15, 0.2) is 0 Å². The summed E-state index contributed by atoms with van der Waals surface area (Å²) in [5, 5.41) is 7.92. The van der Waals surface area contributed by atoms with Gasteiger partial charge in [0.2, 0.25) is 0 Å². The lowest BCUT2D eigenvalue weighted by Gasteiger charge is -2.27. The Labute approximate surface area is 216 Å². The molecule has 0 N–H and O–H groups in total. The average molecular weight is 494 g/mol. The lowest BCUT2D eigenvalue weighted by Crippen LogP contribution is -2.29. The van der Waals surface area contributed by atoms with Gasteiger partial charge in [-0.2, -0.15) is 4.37 Å². The summed E-state index contributed by atoms with van der Waals surface area (Å²) in [6.45, 7) is 5.74. The van der Waals surface area contributed by atoms with E-state index in [1.54, 1.807) is 0 Å². The Morgan fingerprint density at radius 2 is 1.64 bits per heavy atom.